The number of aliphatic hydroxyl groups is 1. The van der Waals surface area contributed by atoms with Gasteiger partial charge in [-0.2, -0.15) is 0 Å². The Bertz CT molecular complexity index is 58.7. The number of hydrogen-bond acceptors (Lipinski definition) is 2. The Labute approximate surface area is 40.9 Å². The second kappa shape index (κ2) is 1.76. The zero-order valence-corrected chi connectivity index (χ0v) is 3.80. The Morgan fingerprint density at radius 1 is 1.71 bits per heavy atom. The van der Waals surface area contributed by atoms with E-state index in [4.69, 9.17) is 5.11 Å². The fourth-order valence-corrected chi connectivity index (χ4v) is 0.548. The van der Waals surface area contributed by atoms with Crippen LogP contribution in [-0.4, -0.2) is 24.2 Å². The van der Waals surface area contributed by atoms with Gasteiger partial charge in [-0.25, -0.2) is 4.39 Å². The number of aliphatic hydroxyl groups excluding tert-OH is 1. The van der Waals surface area contributed by atoms with Crippen molar-refractivity contribution >= 4 is 0 Å². The minimum atomic E-state index is -1.15. The maximum Gasteiger partial charge on any atom is 0.186 e. The molecule has 0 unspecified atom stereocenters. The molecular formula is C4H7FO2. The quantitative estimate of drug-likeness (QED) is 0.473. The first kappa shape index (κ1) is 5.00. The highest BCUT2D eigenvalue weighted by Gasteiger charge is 2.24. The van der Waals surface area contributed by atoms with Gasteiger partial charge in [-0.1, -0.05) is 0 Å². The van der Waals surface area contributed by atoms with Crippen LogP contribution in [0.2, 0.25) is 0 Å². The van der Waals surface area contributed by atoms with Crippen LogP contribution in [0.5, 0.6) is 0 Å². The van der Waals surface area contributed by atoms with Crippen LogP contribution in [0.25, 0.3) is 0 Å². The molecule has 0 aromatic rings. The second-order valence-electron chi connectivity index (χ2n) is 1.57. The molecule has 42 valence electrons. The van der Waals surface area contributed by atoms with Crippen molar-refractivity contribution in [1.82, 2.24) is 0 Å². The number of hydrogen-bond donors (Lipinski definition) is 1. The smallest absolute Gasteiger partial charge is 0.186 e. The van der Waals surface area contributed by atoms with E-state index in [1.165, 1.54) is 0 Å². The maximum absolute atomic E-state index is 11.9. The minimum absolute atomic E-state index is 0.334. The monoisotopic (exact) mass is 106 g/mol. The molecule has 0 aliphatic carbocycles. The van der Waals surface area contributed by atoms with Gasteiger partial charge < -0.3 is 9.84 Å². The van der Waals surface area contributed by atoms with E-state index in [0.29, 0.717) is 13.0 Å². The molecule has 1 fully saturated rings. The lowest BCUT2D eigenvalue weighted by Crippen LogP contribution is -2.14. The summed E-state index contributed by atoms with van der Waals surface area (Å²) in [6.45, 7) is 0.350. The van der Waals surface area contributed by atoms with E-state index in [-0.39, 0.29) is 0 Å². The summed E-state index contributed by atoms with van der Waals surface area (Å²) in [5.74, 6) is 0. The maximum atomic E-state index is 11.9. The van der Waals surface area contributed by atoms with Crippen LogP contribution in [-0.2, 0) is 4.74 Å². The van der Waals surface area contributed by atoms with E-state index in [1.54, 1.807) is 0 Å². The normalized spacial score (nSPS) is 42.0. The standard InChI is InChI=1S/C4H7FO2/c5-3-1-2-7-4(3)6/h3-4,6H,1-2H2/t3-,4+/m1/s1. The zero-order chi connectivity index (χ0) is 5.28. The highest BCUT2D eigenvalue weighted by Crippen LogP contribution is 2.13. The Morgan fingerprint density at radius 2 is 2.43 bits per heavy atom. The minimum Gasteiger partial charge on any atom is -0.366 e. The molecule has 7 heavy (non-hydrogen) atoms. The van der Waals surface area contributed by atoms with Crippen molar-refractivity contribution in [2.75, 3.05) is 6.61 Å². The van der Waals surface area contributed by atoms with Gasteiger partial charge in [-0.15, -0.1) is 0 Å². The predicted molar refractivity (Wildman–Crippen MR) is 21.5 cm³/mol. The molecule has 0 amide bonds. The summed E-state index contributed by atoms with van der Waals surface area (Å²) in [5.41, 5.74) is 0. The highest BCUT2D eigenvalue weighted by atomic mass is 19.1. The molecule has 1 saturated heterocycles. The molecule has 1 aliphatic heterocycles. The topological polar surface area (TPSA) is 29.5 Å². The largest absolute Gasteiger partial charge is 0.366 e. The molecule has 0 aromatic carbocycles. The molecule has 2 atom stereocenters. The predicted octanol–water partition coefficient (Wildman–Crippen LogP) is 0.0632. The zero-order valence-electron chi connectivity index (χ0n) is 3.80. The van der Waals surface area contributed by atoms with Crippen molar-refractivity contribution < 1.29 is 14.2 Å². The van der Waals surface area contributed by atoms with Gasteiger partial charge in [0.2, 0.25) is 0 Å². The van der Waals surface area contributed by atoms with E-state index in [2.05, 4.69) is 4.74 Å². The van der Waals surface area contributed by atoms with Crippen molar-refractivity contribution in [3.05, 3.63) is 0 Å². The molecule has 0 saturated carbocycles. The third kappa shape index (κ3) is 0.894. The second-order valence-corrected chi connectivity index (χ2v) is 1.57. The van der Waals surface area contributed by atoms with Gasteiger partial charge in [0.1, 0.15) is 0 Å². The average molecular weight is 106 g/mol. The van der Waals surface area contributed by atoms with Crippen LogP contribution in [0, 0.1) is 0 Å². The van der Waals surface area contributed by atoms with E-state index < -0.39 is 12.5 Å². The molecule has 1 aliphatic rings. The van der Waals surface area contributed by atoms with Gasteiger partial charge in [0, 0.05) is 6.42 Å². The van der Waals surface area contributed by atoms with Crippen LogP contribution in [0.1, 0.15) is 6.42 Å². The summed E-state index contributed by atoms with van der Waals surface area (Å²) in [5, 5.41) is 8.40. The first-order valence-corrected chi connectivity index (χ1v) is 2.24. The van der Waals surface area contributed by atoms with Crippen LogP contribution >= 0.6 is 0 Å². The lowest BCUT2D eigenvalue weighted by Gasteiger charge is -1.99. The van der Waals surface area contributed by atoms with Crippen LogP contribution < -0.4 is 0 Å². The van der Waals surface area contributed by atoms with E-state index in [1.807, 2.05) is 0 Å². The first-order valence-electron chi connectivity index (χ1n) is 2.24. The van der Waals surface area contributed by atoms with Crippen LogP contribution in [0.15, 0.2) is 0 Å². The van der Waals surface area contributed by atoms with Gasteiger partial charge in [0.05, 0.1) is 6.61 Å². The number of alkyl halides is 1. The molecule has 1 N–H and O–H groups in total. The summed E-state index contributed by atoms with van der Waals surface area (Å²) in [6.07, 6.45) is -1.97. The Morgan fingerprint density at radius 3 is 2.57 bits per heavy atom. The third-order valence-corrected chi connectivity index (χ3v) is 0.992. The first-order chi connectivity index (χ1) is 3.30. The van der Waals surface area contributed by atoms with Gasteiger partial charge in [0.25, 0.3) is 0 Å². The molecule has 0 aromatic heterocycles. The lowest BCUT2D eigenvalue weighted by molar-refractivity contribution is -0.0880. The molecule has 0 bridgehead atoms. The van der Waals surface area contributed by atoms with Gasteiger partial charge in [-0.3, -0.25) is 0 Å². The van der Waals surface area contributed by atoms with Crippen molar-refractivity contribution in [3.63, 3.8) is 0 Å². The third-order valence-electron chi connectivity index (χ3n) is 0.992. The molecule has 0 radical (unpaired) electrons. The Hall–Kier alpha value is -0.150. The van der Waals surface area contributed by atoms with Gasteiger partial charge in [-0.05, 0) is 0 Å². The number of rotatable bonds is 0. The molecular weight excluding hydrogens is 99.0 g/mol. The summed E-state index contributed by atoms with van der Waals surface area (Å²) in [4.78, 5) is 0. The number of halogens is 1. The van der Waals surface area contributed by atoms with E-state index in [0.717, 1.165) is 0 Å². The fraction of sp³-hybridized carbons (Fsp3) is 1.00. The highest BCUT2D eigenvalue weighted by molar-refractivity contribution is 4.64. The molecule has 0 spiro atoms. The van der Waals surface area contributed by atoms with Gasteiger partial charge in [0.15, 0.2) is 12.5 Å². The van der Waals surface area contributed by atoms with Crippen LogP contribution in [0.4, 0.5) is 4.39 Å². The summed E-state index contributed by atoms with van der Waals surface area (Å²) in [6, 6.07) is 0. The van der Waals surface area contributed by atoms with Crippen molar-refractivity contribution in [2.45, 2.75) is 18.9 Å². The molecule has 1 rings (SSSR count). The van der Waals surface area contributed by atoms with Crippen molar-refractivity contribution in [3.8, 4) is 0 Å². The fourth-order valence-electron chi connectivity index (χ4n) is 0.548. The molecule has 1 heterocycles. The lowest BCUT2D eigenvalue weighted by atomic mass is 10.3. The average Bonchev–Trinajstić information content (AvgIpc) is 1.91. The summed E-state index contributed by atoms with van der Waals surface area (Å²) < 4.78 is 16.4. The Balaban J connectivity index is 2.33. The molecule has 3 heteroatoms. The molecule has 2 nitrogen and oxygen atoms in total. The van der Waals surface area contributed by atoms with Crippen LogP contribution in [0.3, 0.4) is 0 Å². The summed E-state index contributed by atoms with van der Waals surface area (Å²) >= 11 is 0. The SMILES string of the molecule is O[C@H]1OCC[C@H]1F. The van der Waals surface area contributed by atoms with E-state index in [9.17, 15) is 4.39 Å². The van der Waals surface area contributed by atoms with Gasteiger partial charge >= 0.3 is 0 Å². The van der Waals surface area contributed by atoms with E-state index >= 15 is 0 Å². The Kier molecular flexibility index (Phi) is 1.25. The van der Waals surface area contributed by atoms with Crippen molar-refractivity contribution in [2.24, 2.45) is 0 Å². The summed E-state index contributed by atoms with van der Waals surface area (Å²) in [7, 11) is 0. The number of ether oxygens (including phenoxy) is 1. The van der Waals surface area contributed by atoms with Crippen molar-refractivity contribution in [1.29, 1.82) is 0 Å².